The van der Waals surface area contributed by atoms with Gasteiger partial charge in [-0.25, -0.2) is 26.9 Å². The zero-order valence-electron chi connectivity index (χ0n) is 15.7. The molecule has 2 heterocycles. The number of nitrogens with zero attached hydrogens (tertiary/aromatic N) is 2. The first kappa shape index (κ1) is 22.0. The molecule has 2 rings (SSSR count). The van der Waals surface area contributed by atoms with Gasteiger partial charge in [-0.2, -0.15) is 0 Å². The summed E-state index contributed by atoms with van der Waals surface area (Å²) < 4.78 is 71.7. The summed E-state index contributed by atoms with van der Waals surface area (Å²) >= 11 is 0. The first-order chi connectivity index (χ1) is 12.9. The monoisotopic (exact) mass is 403 g/mol. The lowest BCUT2D eigenvalue weighted by Gasteiger charge is -2.29. The van der Waals surface area contributed by atoms with Crippen LogP contribution in [0.5, 0.6) is 5.88 Å². The number of ether oxygens (including phenoxy) is 1. The van der Waals surface area contributed by atoms with Gasteiger partial charge in [-0.15, -0.1) is 0 Å². The van der Waals surface area contributed by atoms with Gasteiger partial charge in [-0.3, -0.25) is 4.98 Å². The van der Waals surface area contributed by atoms with Gasteiger partial charge >= 0.3 is 0 Å². The number of aromatic nitrogens is 2. The van der Waals surface area contributed by atoms with E-state index in [0.717, 1.165) is 12.1 Å². The van der Waals surface area contributed by atoms with Crippen LogP contribution in [0.15, 0.2) is 30.6 Å². The highest BCUT2D eigenvalue weighted by molar-refractivity contribution is 5.64. The maximum absolute atomic E-state index is 13.8. The van der Waals surface area contributed by atoms with E-state index in [-0.39, 0.29) is 30.0 Å². The molecule has 0 radical (unpaired) electrons. The zero-order chi connectivity index (χ0) is 21.1. The number of alkyl halides is 5. The number of pyridine rings is 2. The Labute approximate surface area is 159 Å². The molecule has 0 spiro atoms. The minimum atomic E-state index is -2.92. The average Bonchev–Trinajstić information content (AvgIpc) is 2.58. The van der Waals surface area contributed by atoms with E-state index in [0.29, 0.717) is 0 Å². The van der Waals surface area contributed by atoms with Crippen LogP contribution in [-0.2, 0) is 0 Å². The second-order valence-electron chi connectivity index (χ2n) is 7.53. The van der Waals surface area contributed by atoms with Crippen LogP contribution < -0.4 is 10.5 Å². The summed E-state index contributed by atoms with van der Waals surface area (Å²) in [5.41, 5.74) is 2.83. The Morgan fingerprint density at radius 1 is 1.04 bits per heavy atom. The Hall–Kier alpha value is -2.29. The van der Waals surface area contributed by atoms with Gasteiger partial charge in [0.1, 0.15) is 18.0 Å². The first-order valence-corrected chi connectivity index (χ1v) is 8.51. The molecule has 0 saturated carbocycles. The summed E-state index contributed by atoms with van der Waals surface area (Å²) in [5, 5.41) is 0. The lowest BCUT2D eigenvalue weighted by molar-refractivity contribution is 0.114. The second-order valence-corrected chi connectivity index (χ2v) is 7.53. The quantitative estimate of drug-likeness (QED) is 0.612. The summed E-state index contributed by atoms with van der Waals surface area (Å²) in [6, 6.07) is 3.64. The topological polar surface area (TPSA) is 61.0 Å². The van der Waals surface area contributed by atoms with Gasteiger partial charge in [-0.05, 0) is 44.5 Å². The lowest BCUT2D eigenvalue weighted by Crippen LogP contribution is -2.46. The van der Waals surface area contributed by atoms with Gasteiger partial charge in [-0.1, -0.05) is 0 Å². The molecule has 154 valence electrons. The number of halogens is 5. The fourth-order valence-corrected chi connectivity index (χ4v) is 2.90. The summed E-state index contributed by atoms with van der Waals surface area (Å²) in [6.07, 6.45) is -3.34. The third kappa shape index (κ3) is 6.12. The van der Waals surface area contributed by atoms with Crippen LogP contribution >= 0.6 is 0 Å². The third-order valence-corrected chi connectivity index (χ3v) is 3.81. The second kappa shape index (κ2) is 8.38. The van der Waals surface area contributed by atoms with Crippen molar-refractivity contribution in [1.29, 1.82) is 0 Å². The lowest BCUT2D eigenvalue weighted by atomic mass is 9.91. The fraction of sp³-hybridized carbons (Fsp3) is 0.474. The molecule has 0 bridgehead atoms. The highest BCUT2D eigenvalue weighted by atomic mass is 19.3. The van der Waals surface area contributed by atoms with E-state index in [2.05, 4.69) is 9.97 Å². The largest absolute Gasteiger partial charge is 0.475 e. The molecule has 28 heavy (non-hydrogen) atoms. The van der Waals surface area contributed by atoms with Crippen LogP contribution in [-0.4, -0.2) is 27.8 Å². The van der Waals surface area contributed by atoms with Crippen molar-refractivity contribution in [2.24, 2.45) is 5.73 Å². The molecule has 2 N–H and O–H groups in total. The molecule has 0 aromatic carbocycles. The smallest absolute Gasteiger partial charge is 0.280 e. The predicted octanol–water partition coefficient (Wildman–Crippen LogP) is 5.25. The molecule has 0 fully saturated rings. The van der Waals surface area contributed by atoms with Crippen molar-refractivity contribution in [3.63, 3.8) is 0 Å². The van der Waals surface area contributed by atoms with Crippen molar-refractivity contribution in [3.8, 4) is 17.0 Å². The molecule has 0 aliphatic carbocycles. The first-order valence-electron chi connectivity index (χ1n) is 8.51. The molecule has 2 aromatic rings. The van der Waals surface area contributed by atoms with Crippen LogP contribution in [0.25, 0.3) is 11.1 Å². The SMILES string of the molecule is CC(C)(F)CC(C)(N)COc1ncc(-c2ccnc(C(F)F)c2)cc1C(F)F. The van der Waals surface area contributed by atoms with Crippen LogP contribution in [0, 0.1) is 0 Å². The van der Waals surface area contributed by atoms with Crippen LogP contribution in [0.3, 0.4) is 0 Å². The van der Waals surface area contributed by atoms with Gasteiger partial charge in [0.25, 0.3) is 12.9 Å². The molecule has 0 amide bonds. The van der Waals surface area contributed by atoms with Crippen LogP contribution in [0.2, 0.25) is 0 Å². The van der Waals surface area contributed by atoms with Gasteiger partial charge in [0.05, 0.1) is 11.1 Å². The highest BCUT2D eigenvalue weighted by Gasteiger charge is 2.30. The Balaban J connectivity index is 2.27. The molecular weight excluding hydrogens is 381 g/mol. The molecule has 2 aromatic heterocycles. The Bertz CT molecular complexity index is 806. The van der Waals surface area contributed by atoms with E-state index in [1.54, 1.807) is 6.92 Å². The van der Waals surface area contributed by atoms with E-state index in [1.807, 2.05) is 0 Å². The van der Waals surface area contributed by atoms with Crippen molar-refractivity contribution >= 4 is 0 Å². The zero-order valence-corrected chi connectivity index (χ0v) is 15.7. The van der Waals surface area contributed by atoms with Gasteiger partial charge < -0.3 is 10.5 Å². The predicted molar refractivity (Wildman–Crippen MR) is 95.3 cm³/mol. The molecule has 0 saturated heterocycles. The van der Waals surface area contributed by atoms with E-state index in [4.69, 9.17) is 10.5 Å². The summed E-state index contributed by atoms with van der Waals surface area (Å²) in [6.45, 7) is 4.04. The fourth-order valence-electron chi connectivity index (χ4n) is 2.90. The summed E-state index contributed by atoms with van der Waals surface area (Å²) in [5.74, 6) is -0.338. The van der Waals surface area contributed by atoms with Crippen LogP contribution in [0.1, 0.15) is 51.3 Å². The van der Waals surface area contributed by atoms with Crippen molar-refractivity contribution in [1.82, 2.24) is 9.97 Å². The molecule has 0 aliphatic heterocycles. The Kier molecular flexibility index (Phi) is 6.59. The van der Waals surface area contributed by atoms with Crippen molar-refractivity contribution in [2.45, 2.75) is 51.3 Å². The molecule has 4 nitrogen and oxygen atoms in total. The summed E-state index contributed by atoms with van der Waals surface area (Å²) in [4.78, 5) is 7.43. The molecule has 1 unspecified atom stereocenters. The molecule has 1 atom stereocenters. The van der Waals surface area contributed by atoms with E-state index >= 15 is 0 Å². The minimum absolute atomic E-state index is 0.0461. The standard InChI is InChI=1S/C19H22F5N3O/c1-18(2,24)9-19(3,25)10-28-17-13(15(20)21)6-12(8-27-17)11-4-5-26-14(7-11)16(22)23/h4-8,15-16H,9-10,25H2,1-3H3. The maximum Gasteiger partial charge on any atom is 0.280 e. The van der Waals surface area contributed by atoms with E-state index in [9.17, 15) is 22.0 Å². The van der Waals surface area contributed by atoms with E-state index in [1.165, 1.54) is 32.3 Å². The maximum atomic E-state index is 13.8. The minimum Gasteiger partial charge on any atom is -0.475 e. The molecule has 9 heteroatoms. The highest BCUT2D eigenvalue weighted by Crippen LogP contribution is 2.33. The van der Waals surface area contributed by atoms with Gasteiger partial charge in [0.2, 0.25) is 5.88 Å². The van der Waals surface area contributed by atoms with Gasteiger partial charge in [0.15, 0.2) is 0 Å². The van der Waals surface area contributed by atoms with Crippen molar-refractivity contribution < 1.29 is 26.7 Å². The number of hydrogen-bond donors (Lipinski definition) is 1. The number of hydrogen-bond acceptors (Lipinski definition) is 4. The van der Waals surface area contributed by atoms with E-state index < -0.39 is 35.3 Å². The van der Waals surface area contributed by atoms with Crippen LogP contribution in [0.4, 0.5) is 22.0 Å². The van der Waals surface area contributed by atoms with Crippen molar-refractivity contribution in [2.75, 3.05) is 6.61 Å². The third-order valence-electron chi connectivity index (χ3n) is 3.81. The van der Waals surface area contributed by atoms with Crippen molar-refractivity contribution in [3.05, 3.63) is 41.9 Å². The molecule has 0 aliphatic rings. The Morgan fingerprint density at radius 3 is 2.29 bits per heavy atom. The summed E-state index contributed by atoms with van der Waals surface area (Å²) in [7, 11) is 0. The average molecular weight is 403 g/mol. The normalized spacial score (nSPS) is 14.4. The van der Waals surface area contributed by atoms with Gasteiger partial charge in [0, 0.05) is 24.4 Å². The number of rotatable bonds is 8. The molecular formula is C19H22F5N3O. The number of nitrogens with two attached hydrogens (primary N) is 1. The Morgan fingerprint density at radius 2 is 1.71 bits per heavy atom.